The highest BCUT2D eigenvalue weighted by Gasteiger charge is 2.65. The van der Waals surface area contributed by atoms with Gasteiger partial charge in [0.05, 0.1) is 9.79 Å². The van der Waals surface area contributed by atoms with Crippen LogP contribution in [0.4, 0.5) is 4.79 Å². The minimum atomic E-state index is -4.70. The van der Waals surface area contributed by atoms with Gasteiger partial charge >= 0.3 is 6.03 Å². The van der Waals surface area contributed by atoms with E-state index in [2.05, 4.69) is 0 Å². The van der Waals surface area contributed by atoms with E-state index in [0.717, 1.165) is 11.1 Å². The molecule has 1 atom stereocenters. The van der Waals surface area contributed by atoms with Crippen molar-refractivity contribution in [1.29, 1.82) is 0 Å². The van der Waals surface area contributed by atoms with Crippen molar-refractivity contribution in [1.82, 2.24) is 8.61 Å². The lowest BCUT2D eigenvalue weighted by atomic mass is 9.87. The normalized spacial score (nSPS) is 18.8. The molecule has 0 unspecified atom stereocenters. The Kier molecular flexibility index (Phi) is 6.06. The first kappa shape index (κ1) is 24.6. The quantitative estimate of drug-likeness (QED) is 0.463. The van der Waals surface area contributed by atoms with Crippen molar-refractivity contribution in [2.75, 3.05) is 0 Å². The molecule has 1 fully saturated rings. The van der Waals surface area contributed by atoms with E-state index in [4.69, 9.17) is 0 Å². The van der Waals surface area contributed by atoms with Gasteiger partial charge in [-0.3, -0.25) is 4.79 Å². The zero-order valence-electron chi connectivity index (χ0n) is 19.4. The van der Waals surface area contributed by atoms with Crippen molar-refractivity contribution >= 4 is 32.0 Å². The summed E-state index contributed by atoms with van der Waals surface area (Å²) in [5.74, 6) is -1.15. The number of hydrogen-bond acceptors (Lipinski definition) is 6. The molecule has 1 heterocycles. The lowest BCUT2D eigenvalue weighted by Crippen LogP contribution is -2.49. The van der Waals surface area contributed by atoms with Gasteiger partial charge in [-0.15, -0.1) is 4.31 Å². The first-order valence-electron chi connectivity index (χ1n) is 10.9. The van der Waals surface area contributed by atoms with E-state index >= 15 is 0 Å². The standard InChI is InChI=1S/C25H24N2O6S2/c1-4-25(20-8-6-5-7-9-20)23(28)26(34(30,31)21-14-10-18(2)11-15-21)24(29)27(25)35(32,33)22-16-12-19(3)13-17-22/h5-17H,4H2,1-3H3/t25-/m1/s1. The third kappa shape index (κ3) is 3.73. The zero-order valence-corrected chi connectivity index (χ0v) is 21.0. The van der Waals surface area contributed by atoms with Crippen molar-refractivity contribution in [2.24, 2.45) is 0 Å². The Hall–Kier alpha value is -3.50. The molecule has 0 saturated carbocycles. The number of aryl methyl sites for hydroxylation is 2. The molecule has 1 aliphatic rings. The summed E-state index contributed by atoms with van der Waals surface area (Å²) in [7, 11) is -9.33. The summed E-state index contributed by atoms with van der Waals surface area (Å²) in [6.07, 6.45) is -0.174. The Morgan fingerprint density at radius 2 is 1.14 bits per heavy atom. The van der Waals surface area contributed by atoms with E-state index in [0.29, 0.717) is 4.31 Å². The van der Waals surface area contributed by atoms with E-state index in [9.17, 15) is 26.4 Å². The minimum absolute atomic E-state index is 0.0832. The van der Waals surface area contributed by atoms with Crippen LogP contribution in [-0.4, -0.2) is 37.4 Å². The highest BCUT2D eigenvalue weighted by Crippen LogP contribution is 2.45. The Morgan fingerprint density at radius 3 is 1.60 bits per heavy atom. The predicted molar refractivity (Wildman–Crippen MR) is 129 cm³/mol. The van der Waals surface area contributed by atoms with Crippen LogP contribution in [0.5, 0.6) is 0 Å². The fourth-order valence-corrected chi connectivity index (χ4v) is 7.29. The van der Waals surface area contributed by atoms with E-state index in [1.807, 2.05) is 0 Å². The largest absolute Gasteiger partial charge is 0.356 e. The van der Waals surface area contributed by atoms with Gasteiger partial charge in [0.15, 0.2) is 5.54 Å². The fourth-order valence-electron chi connectivity index (χ4n) is 4.19. The molecular weight excluding hydrogens is 488 g/mol. The molecule has 1 saturated heterocycles. The Balaban J connectivity index is 1.99. The van der Waals surface area contributed by atoms with Crippen molar-refractivity contribution < 1.29 is 26.4 Å². The van der Waals surface area contributed by atoms with Crippen LogP contribution < -0.4 is 0 Å². The molecule has 3 amide bonds. The first-order valence-corrected chi connectivity index (χ1v) is 13.7. The summed E-state index contributed by atoms with van der Waals surface area (Å²) >= 11 is 0. The van der Waals surface area contributed by atoms with Crippen molar-refractivity contribution in [2.45, 2.75) is 42.5 Å². The summed E-state index contributed by atoms with van der Waals surface area (Å²) < 4.78 is 55.2. The van der Waals surface area contributed by atoms with Gasteiger partial charge in [0.1, 0.15) is 0 Å². The maximum absolute atomic E-state index is 13.9. The third-order valence-electron chi connectivity index (χ3n) is 6.11. The number of nitrogens with zero attached hydrogens (tertiary/aromatic N) is 2. The average Bonchev–Trinajstić information content (AvgIpc) is 3.08. The lowest BCUT2D eigenvalue weighted by molar-refractivity contribution is -0.129. The molecule has 0 spiro atoms. The summed E-state index contributed by atoms with van der Waals surface area (Å²) in [6, 6.07) is 17.8. The molecule has 35 heavy (non-hydrogen) atoms. The molecule has 0 aliphatic carbocycles. The summed E-state index contributed by atoms with van der Waals surface area (Å²) in [6.45, 7) is 5.07. The van der Waals surface area contributed by atoms with Gasteiger partial charge in [-0.25, -0.2) is 21.6 Å². The average molecular weight is 513 g/mol. The topological polar surface area (TPSA) is 109 Å². The van der Waals surface area contributed by atoms with Gasteiger partial charge in [-0.2, -0.15) is 4.31 Å². The molecule has 8 nitrogen and oxygen atoms in total. The monoisotopic (exact) mass is 512 g/mol. The maximum atomic E-state index is 13.9. The van der Waals surface area contributed by atoms with Crippen LogP contribution >= 0.6 is 0 Å². The Bertz CT molecular complexity index is 1500. The Labute approximate surface area is 204 Å². The van der Waals surface area contributed by atoms with Crippen LogP contribution in [0.3, 0.4) is 0 Å². The summed E-state index contributed by atoms with van der Waals surface area (Å²) in [5, 5.41) is 0. The molecule has 182 valence electrons. The number of benzene rings is 3. The number of rotatable bonds is 6. The first-order chi connectivity index (χ1) is 16.5. The highest BCUT2D eigenvalue weighted by atomic mass is 32.2. The van der Waals surface area contributed by atoms with Gasteiger partial charge in [0.2, 0.25) is 0 Å². The number of carbonyl (C=O) groups excluding carboxylic acids is 2. The SMILES string of the molecule is CC[C@@]1(c2ccccc2)C(=O)N(S(=O)(=O)c2ccc(C)cc2)C(=O)N1S(=O)(=O)c1ccc(C)cc1. The number of carbonyl (C=O) groups is 2. The van der Waals surface area contributed by atoms with E-state index in [-0.39, 0.29) is 26.1 Å². The highest BCUT2D eigenvalue weighted by molar-refractivity contribution is 7.91. The molecule has 0 N–H and O–H groups in total. The molecule has 3 aromatic rings. The van der Waals surface area contributed by atoms with Crippen LogP contribution in [0.15, 0.2) is 88.7 Å². The third-order valence-corrected chi connectivity index (χ3v) is 9.60. The Morgan fingerprint density at radius 1 is 0.686 bits per heavy atom. The van der Waals surface area contributed by atoms with E-state index < -0.39 is 37.5 Å². The van der Waals surface area contributed by atoms with Gasteiger partial charge in [0, 0.05) is 0 Å². The molecule has 3 aromatic carbocycles. The molecule has 4 rings (SSSR count). The van der Waals surface area contributed by atoms with Crippen LogP contribution in [0, 0.1) is 13.8 Å². The summed E-state index contributed by atoms with van der Waals surface area (Å²) in [4.78, 5) is 27.1. The molecule has 10 heteroatoms. The minimum Gasteiger partial charge on any atom is -0.270 e. The predicted octanol–water partition coefficient (Wildman–Crippen LogP) is 3.95. The molecule has 0 radical (unpaired) electrons. The van der Waals surface area contributed by atoms with Crippen LogP contribution in [0.25, 0.3) is 0 Å². The molecule has 0 bridgehead atoms. The second-order valence-electron chi connectivity index (χ2n) is 8.33. The van der Waals surface area contributed by atoms with Crippen LogP contribution in [0.2, 0.25) is 0 Å². The van der Waals surface area contributed by atoms with Gasteiger partial charge in [-0.1, -0.05) is 72.6 Å². The maximum Gasteiger partial charge on any atom is 0.356 e. The second-order valence-corrected chi connectivity index (χ2v) is 11.9. The van der Waals surface area contributed by atoms with Crippen molar-refractivity contribution in [3.63, 3.8) is 0 Å². The zero-order chi connectivity index (χ0) is 25.6. The second kappa shape index (κ2) is 8.62. The smallest absolute Gasteiger partial charge is 0.270 e. The van der Waals surface area contributed by atoms with E-state index in [1.54, 1.807) is 44.2 Å². The number of urea groups is 1. The number of imide groups is 1. The molecule has 0 aromatic heterocycles. The summed E-state index contributed by atoms with van der Waals surface area (Å²) in [5.41, 5.74) is -0.321. The number of hydrogen-bond donors (Lipinski definition) is 0. The van der Waals surface area contributed by atoms with Gasteiger partial charge in [0.25, 0.3) is 26.0 Å². The van der Waals surface area contributed by atoms with Gasteiger partial charge in [-0.05, 0) is 50.1 Å². The lowest BCUT2D eigenvalue weighted by Gasteiger charge is -2.33. The van der Waals surface area contributed by atoms with Crippen LogP contribution in [-0.2, 0) is 30.4 Å². The fraction of sp³-hybridized carbons (Fsp3) is 0.200. The van der Waals surface area contributed by atoms with Crippen molar-refractivity contribution in [3.8, 4) is 0 Å². The van der Waals surface area contributed by atoms with Gasteiger partial charge < -0.3 is 0 Å². The number of sulfonamides is 2. The van der Waals surface area contributed by atoms with Crippen LogP contribution in [0.1, 0.15) is 30.0 Å². The van der Waals surface area contributed by atoms with Crippen molar-refractivity contribution in [3.05, 3.63) is 95.6 Å². The molecule has 1 aliphatic heterocycles. The molecular formula is C25H24N2O6S2. The van der Waals surface area contributed by atoms with E-state index in [1.165, 1.54) is 55.5 Å². The number of amides is 3.